The highest BCUT2D eigenvalue weighted by atomic mass is 35.5. The van der Waals surface area contributed by atoms with Crippen LogP contribution in [0.15, 0.2) is 64.1 Å². The topological polar surface area (TPSA) is 67.5 Å². The first kappa shape index (κ1) is 18.2. The van der Waals surface area contributed by atoms with Crippen LogP contribution < -0.4 is 5.32 Å². The molecule has 3 aromatic rings. The summed E-state index contributed by atoms with van der Waals surface area (Å²) in [5.74, 6) is -0.695. The van der Waals surface area contributed by atoms with Crippen LogP contribution in [0.3, 0.4) is 0 Å². The van der Waals surface area contributed by atoms with Crippen LogP contribution in [-0.2, 0) is 4.79 Å². The molecule has 1 aromatic heterocycles. The predicted molar refractivity (Wildman–Crippen MR) is 104 cm³/mol. The van der Waals surface area contributed by atoms with Crippen LogP contribution >= 0.6 is 23.2 Å². The van der Waals surface area contributed by atoms with Gasteiger partial charge in [-0.2, -0.15) is 0 Å². The summed E-state index contributed by atoms with van der Waals surface area (Å²) in [4.78, 5) is 17.1. The van der Waals surface area contributed by atoms with Gasteiger partial charge in [0.05, 0.1) is 22.1 Å². The third kappa shape index (κ3) is 4.50. The van der Waals surface area contributed by atoms with Gasteiger partial charge in [0.2, 0.25) is 5.91 Å². The van der Waals surface area contributed by atoms with Gasteiger partial charge in [0.1, 0.15) is 5.92 Å². The van der Waals surface area contributed by atoms with Gasteiger partial charge >= 0.3 is 0 Å². The van der Waals surface area contributed by atoms with E-state index in [9.17, 15) is 4.79 Å². The quantitative estimate of drug-likeness (QED) is 0.594. The Morgan fingerprint density at radius 2 is 1.92 bits per heavy atom. The molecule has 132 valence electrons. The maximum Gasteiger partial charge on any atom is 0.240 e. The smallest absolute Gasteiger partial charge is 0.240 e. The Labute approximate surface area is 160 Å². The maximum atomic E-state index is 12.8. The molecule has 0 saturated heterocycles. The van der Waals surface area contributed by atoms with Gasteiger partial charge in [-0.05, 0) is 43.3 Å². The van der Waals surface area contributed by atoms with Crippen molar-refractivity contribution in [1.82, 2.24) is 5.16 Å². The van der Waals surface area contributed by atoms with Gasteiger partial charge in [-0.15, -0.1) is 0 Å². The Hall–Kier alpha value is -2.63. The molecule has 1 heterocycles. The van der Waals surface area contributed by atoms with E-state index in [1.165, 1.54) is 6.21 Å². The molecule has 1 amide bonds. The molecule has 0 radical (unpaired) electrons. The van der Waals surface area contributed by atoms with E-state index in [-0.39, 0.29) is 5.91 Å². The van der Waals surface area contributed by atoms with Crippen LogP contribution in [-0.4, -0.2) is 17.3 Å². The van der Waals surface area contributed by atoms with E-state index in [1.54, 1.807) is 61.5 Å². The first-order valence-electron chi connectivity index (χ1n) is 7.81. The summed E-state index contributed by atoms with van der Waals surface area (Å²) < 4.78 is 5.27. The first-order chi connectivity index (χ1) is 12.5. The standard InChI is InChI=1S/C19H15Cl2N3O2/c1-12-10-18(26-24-12)15(11-22-14-8-6-13(20)7-9-14)19(25)23-17-5-3-2-4-16(17)21/h2-11,15H,1H3,(H,23,25). The van der Waals surface area contributed by atoms with Gasteiger partial charge in [0.25, 0.3) is 0 Å². The summed E-state index contributed by atoms with van der Waals surface area (Å²) in [5.41, 5.74) is 1.86. The Kier molecular flexibility index (Phi) is 5.71. The zero-order valence-corrected chi connectivity index (χ0v) is 15.3. The molecule has 0 fully saturated rings. The summed E-state index contributed by atoms with van der Waals surface area (Å²) in [5, 5.41) is 7.70. The van der Waals surface area contributed by atoms with E-state index in [0.717, 1.165) is 0 Å². The number of aliphatic imine (C=N–C) groups is 1. The van der Waals surface area contributed by atoms with Gasteiger partial charge in [0.15, 0.2) is 5.76 Å². The number of amides is 1. The molecular weight excluding hydrogens is 373 g/mol. The summed E-state index contributed by atoms with van der Waals surface area (Å²) in [6.07, 6.45) is 1.51. The minimum absolute atomic E-state index is 0.327. The Bertz CT molecular complexity index is 936. The molecule has 0 saturated carbocycles. The number of halogens is 2. The number of para-hydroxylation sites is 1. The second-order valence-electron chi connectivity index (χ2n) is 5.57. The molecule has 1 unspecified atom stereocenters. The largest absolute Gasteiger partial charge is 0.360 e. The second-order valence-corrected chi connectivity index (χ2v) is 6.42. The average molecular weight is 388 g/mol. The molecule has 3 rings (SSSR count). The van der Waals surface area contributed by atoms with Crippen molar-refractivity contribution in [2.75, 3.05) is 5.32 Å². The van der Waals surface area contributed by atoms with Crippen LogP contribution in [0.4, 0.5) is 11.4 Å². The van der Waals surface area contributed by atoms with Gasteiger partial charge in [-0.3, -0.25) is 9.79 Å². The molecule has 0 bridgehead atoms. The van der Waals surface area contributed by atoms with Crippen LogP contribution in [0.25, 0.3) is 0 Å². The van der Waals surface area contributed by atoms with Crippen molar-refractivity contribution in [3.8, 4) is 0 Å². The number of aromatic nitrogens is 1. The first-order valence-corrected chi connectivity index (χ1v) is 8.57. The van der Waals surface area contributed by atoms with Gasteiger partial charge in [-0.1, -0.05) is 40.5 Å². The highest BCUT2D eigenvalue weighted by molar-refractivity contribution is 6.33. The number of hydrogen-bond acceptors (Lipinski definition) is 4. The third-order valence-corrected chi connectivity index (χ3v) is 4.15. The van der Waals surface area contributed by atoms with Crippen molar-refractivity contribution in [3.05, 3.63) is 76.1 Å². The van der Waals surface area contributed by atoms with Crippen LogP contribution in [0.5, 0.6) is 0 Å². The van der Waals surface area contributed by atoms with E-state index >= 15 is 0 Å². The number of aryl methyl sites for hydroxylation is 1. The van der Waals surface area contributed by atoms with Crippen molar-refractivity contribution in [2.45, 2.75) is 12.8 Å². The molecule has 0 aliphatic heterocycles. The van der Waals surface area contributed by atoms with Crippen LogP contribution in [0.2, 0.25) is 10.0 Å². The SMILES string of the molecule is Cc1cc(C(C=Nc2ccc(Cl)cc2)C(=O)Nc2ccccc2Cl)on1. The minimum Gasteiger partial charge on any atom is -0.360 e. The average Bonchev–Trinajstić information content (AvgIpc) is 3.05. The van der Waals surface area contributed by atoms with Gasteiger partial charge in [-0.25, -0.2) is 0 Å². The normalized spacial score (nSPS) is 12.3. The predicted octanol–water partition coefficient (Wildman–Crippen LogP) is 5.41. The lowest BCUT2D eigenvalue weighted by Gasteiger charge is -2.11. The summed E-state index contributed by atoms with van der Waals surface area (Å²) in [6, 6.07) is 15.7. The number of benzene rings is 2. The fourth-order valence-electron chi connectivity index (χ4n) is 2.26. The maximum absolute atomic E-state index is 12.8. The third-order valence-electron chi connectivity index (χ3n) is 3.57. The zero-order chi connectivity index (χ0) is 18.5. The summed E-state index contributed by atoms with van der Waals surface area (Å²) >= 11 is 12.0. The van der Waals surface area contributed by atoms with Crippen molar-refractivity contribution in [3.63, 3.8) is 0 Å². The molecule has 2 aromatic carbocycles. The van der Waals surface area contributed by atoms with E-state index in [0.29, 0.717) is 32.9 Å². The Morgan fingerprint density at radius 3 is 2.58 bits per heavy atom. The van der Waals surface area contributed by atoms with Crippen molar-refractivity contribution < 1.29 is 9.32 Å². The molecule has 1 N–H and O–H groups in total. The van der Waals surface area contributed by atoms with E-state index in [4.69, 9.17) is 27.7 Å². The highest BCUT2D eigenvalue weighted by Crippen LogP contribution is 2.24. The summed E-state index contributed by atoms with van der Waals surface area (Å²) in [6.45, 7) is 1.78. The van der Waals surface area contributed by atoms with Crippen LogP contribution in [0.1, 0.15) is 17.4 Å². The number of hydrogen-bond donors (Lipinski definition) is 1. The minimum atomic E-state index is -0.761. The van der Waals surface area contributed by atoms with Crippen molar-refractivity contribution in [2.24, 2.45) is 4.99 Å². The second kappa shape index (κ2) is 8.17. The van der Waals surface area contributed by atoms with E-state index in [2.05, 4.69) is 15.5 Å². The molecule has 0 aliphatic rings. The number of carbonyl (C=O) groups is 1. The molecule has 0 aliphatic carbocycles. The van der Waals surface area contributed by atoms with Crippen molar-refractivity contribution >= 4 is 46.7 Å². The number of nitrogens with zero attached hydrogens (tertiary/aromatic N) is 2. The highest BCUT2D eigenvalue weighted by Gasteiger charge is 2.23. The Balaban J connectivity index is 1.87. The molecule has 1 atom stereocenters. The lowest BCUT2D eigenvalue weighted by molar-refractivity contribution is -0.116. The molecular formula is C19H15Cl2N3O2. The van der Waals surface area contributed by atoms with Gasteiger partial charge in [0, 0.05) is 17.3 Å². The lowest BCUT2D eigenvalue weighted by Crippen LogP contribution is -2.22. The number of rotatable bonds is 5. The summed E-state index contributed by atoms with van der Waals surface area (Å²) in [7, 11) is 0. The van der Waals surface area contributed by atoms with Crippen molar-refractivity contribution in [1.29, 1.82) is 0 Å². The van der Waals surface area contributed by atoms with E-state index in [1.807, 2.05) is 0 Å². The van der Waals surface area contributed by atoms with Crippen LogP contribution in [0, 0.1) is 6.92 Å². The Morgan fingerprint density at radius 1 is 1.19 bits per heavy atom. The molecule has 5 nitrogen and oxygen atoms in total. The fourth-order valence-corrected chi connectivity index (χ4v) is 2.57. The lowest BCUT2D eigenvalue weighted by atomic mass is 10.1. The zero-order valence-electron chi connectivity index (χ0n) is 13.8. The van der Waals surface area contributed by atoms with Gasteiger partial charge < -0.3 is 9.84 Å². The molecule has 26 heavy (non-hydrogen) atoms. The monoisotopic (exact) mass is 387 g/mol. The fraction of sp³-hybridized carbons (Fsp3) is 0.105. The molecule has 7 heteroatoms. The molecule has 0 spiro atoms. The number of carbonyl (C=O) groups excluding carboxylic acids is 1. The number of anilines is 1. The van der Waals surface area contributed by atoms with E-state index < -0.39 is 5.92 Å². The number of nitrogens with one attached hydrogen (secondary N) is 1.